The van der Waals surface area contributed by atoms with Crippen molar-refractivity contribution in [2.45, 2.75) is 30.6 Å². The Morgan fingerprint density at radius 3 is 2.59 bits per heavy atom. The van der Waals surface area contributed by atoms with Gasteiger partial charge in [-0.15, -0.1) is 11.8 Å². The number of pyridine rings is 1. The average molecular weight is 382 g/mol. The van der Waals surface area contributed by atoms with Crippen LogP contribution in [0.3, 0.4) is 0 Å². The predicted molar refractivity (Wildman–Crippen MR) is 107 cm³/mol. The van der Waals surface area contributed by atoms with Gasteiger partial charge in [0.1, 0.15) is 5.82 Å². The van der Waals surface area contributed by atoms with Crippen LogP contribution in [0.1, 0.15) is 24.0 Å². The van der Waals surface area contributed by atoms with Crippen molar-refractivity contribution in [1.29, 1.82) is 0 Å². The molecule has 6 heteroatoms. The molecule has 138 valence electrons. The second-order valence-electron chi connectivity index (χ2n) is 6.67. The highest BCUT2D eigenvalue weighted by Gasteiger charge is 2.16. The third-order valence-corrected chi connectivity index (χ3v) is 5.81. The van der Waals surface area contributed by atoms with Crippen LogP contribution in [-0.4, -0.2) is 16.6 Å². The van der Waals surface area contributed by atoms with Crippen LogP contribution in [0.4, 0.5) is 10.1 Å². The molecule has 0 atom stereocenters. The number of aromatic nitrogens is 1. The molecular weight excluding hydrogens is 363 g/mol. The van der Waals surface area contributed by atoms with E-state index in [4.69, 9.17) is 0 Å². The van der Waals surface area contributed by atoms with Crippen molar-refractivity contribution < 1.29 is 9.18 Å². The maximum atomic E-state index is 12.9. The Morgan fingerprint density at radius 1 is 1.07 bits per heavy atom. The van der Waals surface area contributed by atoms with Crippen molar-refractivity contribution in [3.63, 3.8) is 0 Å². The first kappa shape index (κ1) is 17.8. The molecule has 1 aliphatic rings. The van der Waals surface area contributed by atoms with E-state index in [9.17, 15) is 14.0 Å². The number of aryl methyl sites for hydroxylation is 1. The molecule has 0 saturated heterocycles. The second kappa shape index (κ2) is 7.56. The number of amides is 1. The number of fused-ring (bicyclic) bond motifs is 3. The van der Waals surface area contributed by atoms with Gasteiger partial charge in [-0.2, -0.15) is 0 Å². The number of benzene rings is 2. The first-order valence-electron chi connectivity index (χ1n) is 8.96. The molecule has 1 aliphatic carbocycles. The molecule has 27 heavy (non-hydrogen) atoms. The summed E-state index contributed by atoms with van der Waals surface area (Å²) in [4.78, 5) is 28.3. The Kier molecular flexibility index (Phi) is 4.99. The topological polar surface area (TPSA) is 62.0 Å². The number of H-pyrrole nitrogens is 1. The van der Waals surface area contributed by atoms with Crippen LogP contribution in [0.25, 0.3) is 10.9 Å². The molecule has 0 bridgehead atoms. The lowest BCUT2D eigenvalue weighted by atomic mass is 9.90. The maximum absolute atomic E-state index is 12.9. The number of aromatic amines is 1. The normalized spacial score (nSPS) is 13.4. The van der Waals surface area contributed by atoms with E-state index in [-0.39, 0.29) is 23.0 Å². The lowest BCUT2D eigenvalue weighted by molar-refractivity contribution is -0.113. The van der Waals surface area contributed by atoms with E-state index >= 15 is 0 Å². The van der Waals surface area contributed by atoms with E-state index < -0.39 is 0 Å². The number of rotatable bonds is 4. The molecule has 2 aromatic carbocycles. The zero-order valence-corrected chi connectivity index (χ0v) is 15.5. The molecule has 1 heterocycles. The number of thioether (sulfide) groups is 1. The summed E-state index contributed by atoms with van der Waals surface area (Å²) in [6.07, 6.45) is 3.92. The number of halogens is 1. The minimum absolute atomic E-state index is 0.0208. The molecule has 0 saturated carbocycles. The lowest BCUT2D eigenvalue weighted by Gasteiger charge is -2.17. The zero-order chi connectivity index (χ0) is 18.8. The Morgan fingerprint density at radius 2 is 1.81 bits per heavy atom. The average Bonchev–Trinajstić information content (AvgIpc) is 2.68. The third-order valence-electron chi connectivity index (χ3n) is 4.80. The van der Waals surface area contributed by atoms with E-state index in [2.05, 4.69) is 10.3 Å². The molecule has 0 spiro atoms. The quantitative estimate of drug-likeness (QED) is 0.662. The zero-order valence-electron chi connectivity index (χ0n) is 14.7. The smallest absolute Gasteiger partial charge is 0.251 e. The molecule has 2 N–H and O–H groups in total. The molecule has 1 amide bonds. The molecule has 3 aromatic rings. The summed E-state index contributed by atoms with van der Waals surface area (Å²) in [5.41, 5.74) is 3.43. The summed E-state index contributed by atoms with van der Waals surface area (Å²) < 4.78 is 12.9. The Hall–Kier alpha value is -2.60. The standard InChI is InChI=1S/C21H19FN2O2S/c22-13-5-8-15(9-6-13)27-12-20(25)23-14-7-10-17-16-3-1-2-4-18(16)21(26)24-19(17)11-14/h5-11H,1-4,12H2,(H,23,25)(H,24,26). The first-order valence-corrected chi connectivity index (χ1v) is 9.95. The van der Waals surface area contributed by atoms with Crippen molar-refractivity contribution in [2.24, 2.45) is 0 Å². The number of carbonyl (C=O) groups excluding carboxylic acids is 1. The van der Waals surface area contributed by atoms with E-state index in [1.807, 2.05) is 18.2 Å². The van der Waals surface area contributed by atoms with Gasteiger partial charge in [0, 0.05) is 21.5 Å². The number of hydrogen-bond acceptors (Lipinski definition) is 3. The number of anilines is 1. The highest BCUT2D eigenvalue weighted by Crippen LogP contribution is 2.27. The van der Waals surface area contributed by atoms with Crippen molar-refractivity contribution in [1.82, 2.24) is 4.98 Å². The molecule has 4 nitrogen and oxygen atoms in total. The maximum Gasteiger partial charge on any atom is 0.251 e. The Balaban J connectivity index is 1.49. The van der Waals surface area contributed by atoms with E-state index in [1.54, 1.807) is 12.1 Å². The van der Waals surface area contributed by atoms with Crippen LogP contribution in [0.2, 0.25) is 0 Å². The van der Waals surface area contributed by atoms with Gasteiger partial charge in [-0.3, -0.25) is 9.59 Å². The van der Waals surface area contributed by atoms with Gasteiger partial charge in [0.2, 0.25) is 5.91 Å². The van der Waals surface area contributed by atoms with Crippen LogP contribution in [0, 0.1) is 5.82 Å². The summed E-state index contributed by atoms with van der Waals surface area (Å²) in [7, 11) is 0. The number of carbonyl (C=O) groups is 1. The Labute approximate surface area is 160 Å². The SMILES string of the molecule is O=C(CSc1ccc(F)cc1)Nc1ccc2c3c(c(=O)[nH]c2c1)CCCC3. The minimum Gasteiger partial charge on any atom is -0.325 e. The second-order valence-corrected chi connectivity index (χ2v) is 7.72. The van der Waals surface area contributed by atoms with Crippen LogP contribution < -0.4 is 10.9 Å². The number of nitrogens with one attached hydrogen (secondary N) is 2. The highest BCUT2D eigenvalue weighted by atomic mass is 32.2. The summed E-state index contributed by atoms with van der Waals surface area (Å²) in [6, 6.07) is 11.7. The van der Waals surface area contributed by atoms with Crippen molar-refractivity contribution in [3.05, 3.63) is 69.8 Å². The minimum atomic E-state index is -0.295. The van der Waals surface area contributed by atoms with Crippen LogP contribution in [-0.2, 0) is 17.6 Å². The van der Waals surface area contributed by atoms with Gasteiger partial charge < -0.3 is 10.3 Å². The van der Waals surface area contributed by atoms with Gasteiger partial charge in [0.05, 0.1) is 11.3 Å². The lowest BCUT2D eigenvalue weighted by Crippen LogP contribution is -2.19. The molecule has 0 radical (unpaired) electrons. The summed E-state index contributed by atoms with van der Waals surface area (Å²) in [5, 5.41) is 3.92. The monoisotopic (exact) mass is 382 g/mol. The fraction of sp³-hybridized carbons (Fsp3) is 0.238. The van der Waals surface area contributed by atoms with Gasteiger partial charge in [0.15, 0.2) is 0 Å². The van der Waals surface area contributed by atoms with Gasteiger partial charge in [-0.25, -0.2) is 4.39 Å². The molecule has 0 unspecified atom stereocenters. The summed E-state index contributed by atoms with van der Waals surface area (Å²) >= 11 is 1.34. The summed E-state index contributed by atoms with van der Waals surface area (Å²) in [6.45, 7) is 0. The van der Waals surface area contributed by atoms with Gasteiger partial charge in [-0.1, -0.05) is 6.07 Å². The largest absolute Gasteiger partial charge is 0.325 e. The molecule has 0 fully saturated rings. The van der Waals surface area contributed by atoms with Gasteiger partial charge in [0.25, 0.3) is 5.56 Å². The first-order chi connectivity index (χ1) is 13.1. The fourth-order valence-corrected chi connectivity index (χ4v) is 4.21. The van der Waals surface area contributed by atoms with E-state index in [0.717, 1.165) is 52.6 Å². The highest BCUT2D eigenvalue weighted by molar-refractivity contribution is 8.00. The predicted octanol–water partition coefficient (Wildman–Crippen LogP) is 4.28. The van der Waals surface area contributed by atoms with Crippen molar-refractivity contribution >= 4 is 34.3 Å². The van der Waals surface area contributed by atoms with E-state index in [1.165, 1.54) is 23.9 Å². The molecule has 0 aliphatic heterocycles. The molecule has 1 aromatic heterocycles. The van der Waals surface area contributed by atoms with E-state index in [0.29, 0.717) is 5.69 Å². The van der Waals surface area contributed by atoms with Crippen molar-refractivity contribution in [3.8, 4) is 0 Å². The fourth-order valence-electron chi connectivity index (χ4n) is 3.52. The third kappa shape index (κ3) is 3.90. The van der Waals surface area contributed by atoms with Crippen LogP contribution >= 0.6 is 11.8 Å². The summed E-state index contributed by atoms with van der Waals surface area (Å²) in [5.74, 6) is -0.218. The Bertz CT molecular complexity index is 1060. The van der Waals surface area contributed by atoms with Crippen LogP contribution in [0.5, 0.6) is 0 Å². The van der Waals surface area contributed by atoms with Crippen LogP contribution in [0.15, 0.2) is 52.2 Å². The number of hydrogen-bond donors (Lipinski definition) is 2. The van der Waals surface area contributed by atoms with Gasteiger partial charge in [-0.05, 0) is 67.6 Å². The van der Waals surface area contributed by atoms with Crippen molar-refractivity contribution in [2.75, 3.05) is 11.1 Å². The molecular formula is C21H19FN2O2S. The molecule has 4 rings (SSSR count). The van der Waals surface area contributed by atoms with Gasteiger partial charge >= 0.3 is 0 Å².